The lowest BCUT2D eigenvalue weighted by Gasteiger charge is -2.12. The number of anilines is 1. The Bertz CT molecular complexity index is 1700. The maximum atomic E-state index is 12.9. The molecule has 0 saturated heterocycles. The minimum Gasteiger partial charge on any atom is -0.484 e. The smallest absolute Gasteiger partial charge is 0.343 e. The summed E-state index contributed by atoms with van der Waals surface area (Å²) in [6.45, 7) is 3.28. The third kappa shape index (κ3) is 4.90. The van der Waals surface area contributed by atoms with Crippen LogP contribution in [0.2, 0.25) is 0 Å². The van der Waals surface area contributed by atoms with Crippen LogP contribution in [0.25, 0.3) is 27.7 Å². The number of benzene rings is 2. The van der Waals surface area contributed by atoms with Crippen LogP contribution in [-0.4, -0.2) is 39.9 Å². The van der Waals surface area contributed by atoms with E-state index < -0.39 is 17.5 Å². The largest absolute Gasteiger partial charge is 0.484 e. The first-order chi connectivity index (χ1) is 17.9. The molecule has 0 aliphatic heterocycles. The Kier molecular flexibility index (Phi) is 6.38. The molecule has 1 N–H and O–H groups in total. The molecular weight excluding hydrogens is 476 g/mol. The van der Waals surface area contributed by atoms with Gasteiger partial charge in [0.1, 0.15) is 16.9 Å². The second-order valence-corrected chi connectivity index (χ2v) is 8.14. The van der Waals surface area contributed by atoms with Crippen molar-refractivity contribution in [3.8, 4) is 11.6 Å². The molecule has 37 heavy (non-hydrogen) atoms. The highest BCUT2D eigenvalue weighted by Crippen LogP contribution is 2.24. The van der Waals surface area contributed by atoms with Gasteiger partial charge in [-0.05, 0) is 49.7 Å². The summed E-state index contributed by atoms with van der Waals surface area (Å²) in [6.07, 6.45) is 1.32. The molecule has 10 heteroatoms. The highest BCUT2D eigenvalue weighted by molar-refractivity contribution is 6.01. The second kappa shape index (κ2) is 9.94. The van der Waals surface area contributed by atoms with Crippen molar-refractivity contribution in [2.24, 2.45) is 0 Å². The molecule has 0 saturated carbocycles. The van der Waals surface area contributed by atoms with E-state index in [1.165, 1.54) is 16.9 Å². The van der Waals surface area contributed by atoms with Crippen molar-refractivity contribution in [2.45, 2.75) is 13.8 Å². The van der Waals surface area contributed by atoms with Crippen LogP contribution in [0.5, 0.6) is 5.75 Å². The van der Waals surface area contributed by atoms with Gasteiger partial charge in [-0.15, -0.1) is 0 Å². The van der Waals surface area contributed by atoms with Gasteiger partial charge in [-0.25, -0.2) is 14.6 Å². The van der Waals surface area contributed by atoms with Gasteiger partial charge in [0.15, 0.2) is 18.2 Å². The molecule has 0 atom stereocenters. The number of para-hydroxylation sites is 1. The van der Waals surface area contributed by atoms with Crippen LogP contribution in [-0.2, 0) is 9.53 Å². The molecule has 0 aliphatic carbocycles. The van der Waals surface area contributed by atoms with Crippen molar-refractivity contribution in [2.75, 3.05) is 18.5 Å². The molecule has 5 aromatic rings. The van der Waals surface area contributed by atoms with Gasteiger partial charge in [0.2, 0.25) is 0 Å². The zero-order valence-corrected chi connectivity index (χ0v) is 20.1. The fourth-order valence-corrected chi connectivity index (χ4v) is 3.89. The highest BCUT2D eigenvalue weighted by atomic mass is 16.5. The molecule has 0 radical (unpaired) electrons. The number of esters is 1. The molecule has 186 valence electrons. The monoisotopic (exact) mass is 498 g/mol. The van der Waals surface area contributed by atoms with E-state index in [0.717, 1.165) is 21.9 Å². The molecule has 3 heterocycles. The SMILES string of the molecule is CCOC(=O)c1cnn(-c2ccc3ccccc3n2)c1NC(=O)COc1ccc2c(C)cc(=O)oc2c1. The van der Waals surface area contributed by atoms with Crippen molar-refractivity contribution in [1.29, 1.82) is 0 Å². The average Bonchev–Trinajstić information content (AvgIpc) is 3.30. The Morgan fingerprint density at radius 1 is 1.08 bits per heavy atom. The highest BCUT2D eigenvalue weighted by Gasteiger charge is 2.22. The quantitative estimate of drug-likeness (QED) is 0.263. The summed E-state index contributed by atoms with van der Waals surface area (Å²) in [4.78, 5) is 41.7. The number of aryl methyl sites for hydroxylation is 1. The molecule has 2 aromatic carbocycles. The Morgan fingerprint density at radius 3 is 2.76 bits per heavy atom. The number of hydrogen-bond acceptors (Lipinski definition) is 8. The van der Waals surface area contributed by atoms with Crippen molar-refractivity contribution in [3.63, 3.8) is 0 Å². The summed E-state index contributed by atoms with van der Waals surface area (Å²) in [5.41, 5.74) is 1.47. The van der Waals surface area contributed by atoms with Gasteiger partial charge in [0.25, 0.3) is 5.91 Å². The van der Waals surface area contributed by atoms with Crippen LogP contribution in [0.15, 0.2) is 76.1 Å². The topological polar surface area (TPSA) is 126 Å². The Hall–Kier alpha value is -4.99. The third-order valence-corrected chi connectivity index (χ3v) is 5.62. The van der Waals surface area contributed by atoms with Crippen molar-refractivity contribution < 1.29 is 23.5 Å². The standard InChI is InChI=1S/C27H22N4O6/c1-3-35-27(34)20-14-28-31(23-11-8-17-6-4-5-7-21(17)29-23)26(20)30-24(32)15-36-18-9-10-19-16(2)12-25(33)37-22(19)13-18/h4-14H,3,15H2,1-2H3,(H,30,32). The van der Waals surface area contributed by atoms with Crippen LogP contribution in [0.4, 0.5) is 5.82 Å². The second-order valence-electron chi connectivity index (χ2n) is 8.14. The maximum absolute atomic E-state index is 12.9. The van der Waals surface area contributed by atoms with Gasteiger partial charge in [0.05, 0.1) is 18.3 Å². The summed E-state index contributed by atoms with van der Waals surface area (Å²) in [5, 5.41) is 8.67. The average molecular weight is 498 g/mol. The zero-order valence-electron chi connectivity index (χ0n) is 20.1. The summed E-state index contributed by atoms with van der Waals surface area (Å²) >= 11 is 0. The summed E-state index contributed by atoms with van der Waals surface area (Å²) in [5.74, 6) is -0.323. The lowest BCUT2D eigenvalue weighted by molar-refractivity contribution is -0.118. The number of amides is 1. The Labute approximate surface area is 210 Å². The number of hydrogen-bond donors (Lipinski definition) is 1. The molecule has 5 rings (SSSR count). The van der Waals surface area contributed by atoms with E-state index in [9.17, 15) is 14.4 Å². The predicted octanol–water partition coefficient (Wildman–Crippen LogP) is 4.03. The molecule has 0 bridgehead atoms. The number of nitrogens with one attached hydrogen (secondary N) is 1. The number of ether oxygens (including phenoxy) is 2. The molecule has 0 unspecified atom stereocenters. The van der Waals surface area contributed by atoms with E-state index in [0.29, 0.717) is 17.2 Å². The van der Waals surface area contributed by atoms with E-state index in [2.05, 4.69) is 15.4 Å². The Balaban J connectivity index is 1.40. The predicted molar refractivity (Wildman–Crippen MR) is 136 cm³/mol. The van der Waals surface area contributed by atoms with Crippen LogP contribution in [0.3, 0.4) is 0 Å². The zero-order chi connectivity index (χ0) is 25.9. The minimum absolute atomic E-state index is 0.0770. The van der Waals surface area contributed by atoms with Crippen molar-refractivity contribution >= 4 is 39.6 Å². The molecular formula is C27H22N4O6. The van der Waals surface area contributed by atoms with Gasteiger partial charge in [-0.1, -0.05) is 18.2 Å². The van der Waals surface area contributed by atoms with E-state index in [1.54, 1.807) is 31.2 Å². The summed E-state index contributed by atoms with van der Waals surface area (Å²) in [7, 11) is 0. The molecule has 0 aliphatic rings. The first-order valence-corrected chi connectivity index (χ1v) is 11.5. The molecule has 1 amide bonds. The first-order valence-electron chi connectivity index (χ1n) is 11.5. The van der Waals surface area contributed by atoms with Crippen LogP contribution < -0.4 is 15.7 Å². The lowest BCUT2D eigenvalue weighted by Crippen LogP contribution is -2.23. The Morgan fingerprint density at radius 2 is 1.92 bits per heavy atom. The first kappa shape index (κ1) is 23.7. The number of carbonyl (C=O) groups excluding carboxylic acids is 2. The molecule has 0 fully saturated rings. The van der Waals surface area contributed by atoms with Crippen LogP contribution in [0.1, 0.15) is 22.8 Å². The van der Waals surface area contributed by atoms with Crippen LogP contribution in [0, 0.1) is 6.92 Å². The fourth-order valence-electron chi connectivity index (χ4n) is 3.89. The molecule has 3 aromatic heterocycles. The molecule has 0 spiro atoms. The van der Waals surface area contributed by atoms with E-state index >= 15 is 0 Å². The van der Waals surface area contributed by atoms with E-state index in [1.807, 2.05) is 37.3 Å². The minimum atomic E-state index is -0.634. The number of pyridine rings is 1. The van der Waals surface area contributed by atoms with Gasteiger partial charge in [0, 0.05) is 22.9 Å². The van der Waals surface area contributed by atoms with Crippen LogP contribution >= 0.6 is 0 Å². The van der Waals surface area contributed by atoms with Gasteiger partial charge < -0.3 is 19.2 Å². The van der Waals surface area contributed by atoms with E-state index in [4.69, 9.17) is 13.9 Å². The lowest BCUT2D eigenvalue weighted by atomic mass is 10.1. The number of fused-ring (bicyclic) bond motifs is 2. The maximum Gasteiger partial charge on any atom is 0.343 e. The van der Waals surface area contributed by atoms with Crippen molar-refractivity contribution in [3.05, 3.63) is 88.4 Å². The van der Waals surface area contributed by atoms with Gasteiger partial charge >= 0.3 is 11.6 Å². The van der Waals surface area contributed by atoms with Crippen molar-refractivity contribution in [1.82, 2.24) is 14.8 Å². The summed E-state index contributed by atoms with van der Waals surface area (Å²) < 4.78 is 17.3. The number of nitrogens with zero attached hydrogens (tertiary/aromatic N) is 3. The fraction of sp³-hybridized carbons (Fsp3) is 0.148. The normalized spacial score (nSPS) is 11.0. The molecule has 10 nitrogen and oxygen atoms in total. The number of carbonyl (C=O) groups is 2. The van der Waals surface area contributed by atoms with E-state index in [-0.39, 0.29) is 24.6 Å². The van der Waals surface area contributed by atoms with Gasteiger partial charge in [-0.3, -0.25) is 4.79 Å². The number of aromatic nitrogens is 3. The summed E-state index contributed by atoms with van der Waals surface area (Å²) in [6, 6.07) is 17.6. The third-order valence-electron chi connectivity index (χ3n) is 5.62. The number of rotatable bonds is 7. The van der Waals surface area contributed by atoms with Gasteiger partial charge in [-0.2, -0.15) is 9.78 Å².